The number of carbonyl (C=O) groups is 1. The normalized spacial score (nSPS) is 14.9. The van der Waals surface area contributed by atoms with Crippen LogP contribution < -0.4 is 0 Å². The summed E-state index contributed by atoms with van der Waals surface area (Å²) in [6.45, 7) is 11.8. The van der Waals surface area contributed by atoms with Crippen molar-refractivity contribution in [1.29, 1.82) is 0 Å². The number of aromatic nitrogens is 1. The Bertz CT molecular complexity index is 1060. The minimum atomic E-state index is -3.57. The maximum atomic E-state index is 13.1. The molecule has 1 saturated heterocycles. The van der Waals surface area contributed by atoms with Gasteiger partial charge in [-0.3, -0.25) is 4.57 Å². The van der Waals surface area contributed by atoms with E-state index in [9.17, 15) is 13.2 Å². The predicted octanol–water partition coefficient (Wildman–Crippen LogP) is 3.12. The van der Waals surface area contributed by atoms with E-state index in [2.05, 4.69) is 4.85 Å². The van der Waals surface area contributed by atoms with Crippen molar-refractivity contribution in [2.45, 2.75) is 44.6 Å². The molecule has 0 atom stereocenters. The quantitative estimate of drug-likeness (QED) is 0.754. The summed E-state index contributed by atoms with van der Waals surface area (Å²) in [5.41, 5.74) is 2.84. The second-order valence-electron chi connectivity index (χ2n) is 7.00. The third-order valence-corrected chi connectivity index (χ3v) is 7.31. The Kier molecular flexibility index (Phi) is 5.59. The predicted molar refractivity (Wildman–Crippen MR) is 105 cm³/mol. The maximum absolute atomic E-state index is 13.1. The molecule has 1 aliphatic rings. The molecule has 0 bridgehead atoms. The Morgan fingerprint density at radius 3 is 2.46 bits per heavy atom. The first kappa shape index (κ1) is 20.1. The molecular formula is C20H23N3O4S. The summed E-state index contributed by atoms with van der Waals surface area (Å²) in [7, 11) is -3.57. The van der Waals surface area contributed by atoms with Gasteiger partial charge in [0.25, 0.3) is 0 Å². The van der Waals surface area contributed by atoms with Gasteiger partial charge < -0.3 is 9.95 Å². The summed E-state index contributed by atoms with van der Waals surface area (Å²) in [5.74, 6) is -0.735. The van der Waals surface area contributed by atoms with Crippen LogP contribution in [0.15, 0.2) is 29.2 Å². The van der Waals surface area contributed by atoms with Gasteiger partial charge >= 0.3 is 5.97 Å². The molecule has 28 heavy (non-hydrogen) atoms. The van der Waals surface area contributed by atoms with Crippen LogP contribution in [0.3, 0.4) is 0 Å². The molecule has 0 spiro atoms. The van der Waals surface area contributed by atoms with Crippen LogP contribution in [0, 0.1) is 20.4 Å². The number of nitrogens with zero attached hydrogens (tertiary/aromatic N) is 3. The highest BCUT2D eigenvalue weighted by atomic mass is 32.2. The van der Waals surface area contributed by atoms with Crippen molar-refractivity contribution in [3.05, 3.63) is 58.1 Å². The number of hydrogen-bond donors (Lipinski definition) is 1. The molecule has 8 heteroatoms. The number of carboxylic acid groups (broad SMARTS) is 1. The molecular weight excluding hydrogens is 378 g/mol. The highest BCUT2D eigenvalue weighted by Crippen LogP contribution is 2.33. The Balaban J connectivity index is 2.06. The summed E-state index contributed by atoms with van der Waals surface area (Å²) < 4.78 is 29.2. The van der Waals surface area contributed by atoms with Crippen molar-refractivity contribution < 1.29 is 18.3 Å². The first-order valence-corrected chi connectivity index (χ1v) is 10.6. The van der Waals surface area contributed by atoms with E-state index < -0.39 is 16.0 Å². The fourth-order valence-corrected chi connectivity index (χ4v) is 5.56. The lowest BCUT2D eigenvalue weighted by atomic mass is 10.0. The Hall–Kier alpha value is -2.63. The standard InChI is InChI=1S/C20H23N3O4S/c1-14-17(15(2)23(13-19(24)25)20(14)21-3)12-16-8-4-5-9-18(16)28(26,27)22-10-6-7-11-22/h4-5,8-9H,6-7,10-13H2,1-2H3,(H,24,25). The minimum absolute atomic E-state index is 0.283. The number of aliphatic carboxylic acids is 1. The lowest BCUT2D eigenvalue weighted by molar-refractivity contribution is -0.137. The molecule has 2 heterocycles. The van der Waals surface area contributed by atoms with Crippen LogP contribution in [-0.2, 0) is 27.8 Å². The highest BCUT2D eigenvalue weighted by molar-refractivity contribution is 7.89. The van der Waals surface area contributed by atoms with E-state index >= 15 is 0 Å². The van der Waals surface area contributed by atoms with Gasteiger partial charge in [0.2, 0.25) is 15.8 Å². The lowest BCUT2D eigenvalue weighted by Gasteiger charge is -2.18. The summed E-state index contributed by atoms with van der Waals surface area (Å²) in [6, 6.07) is 6.92. The van der Waals surface area contributed by atoms with Gasteiger partial charge in [0.1, 0.15) is 0 Å². The molecule has 0 unspecified atom stereocenters. The molecule has 1 aliphatic heterocycles. The lowest BCUT2D eigenvalue weighted by Crippen LogP contribution is -2.28. The molecule has 1 aromatic carbocycles. The number of benzene rings is 1. The smallest absolute Gasteiger partial charge is 0.344 e. The van der Waals surface area contributed by atoms with Gasteiger partial charge in [-0.1, -0.05) is 24.8 Å². The van der Waals surface area contributed by atoms with Crippen LogP contribution in [0.2, 0.25) is 0 Å². The van der Waals surface area contributed by atoms with Gasteiger partial charge in [0.05, 0.1) is 10.6 Å². The van der Waals surface area contributed by atoms with E-state index in [4.69, 9.17) is 11.7 Å². The molecule has 2 aromatic rings. The number of hydrogen-bond acceptors (Lipinski definition) is 3. The Labute approximate surface area is 165 Å². The Morgan fingerprint density at radius 1 is 1.21 bits per heavy atom. The average molecular weight is 401 g/mol. The molecule has 1 aromatic heterocycles. The molecule has 0 saturated carbocycles. The molecule has 148 valence electrons. The fraction of sp³-hybridized carbons (Fsp3) is 0.400. The van der Waals surface area contributed by atoms with Crippen LogP contribution in [0.25, 0.3) is 4.85 Å². The van der Waals surface area contributed by atoms with Crippen molar-refractivity contribution in [1.82, 2.24) is 8.87 Å². The summed E-state index contributed by atoms with van der Waals surface area (Å²) in [4.78, 5) is 15.0. The van der Waals surface area contributed by atoms with Crippen LogP contribution in [0.1, 0.15) is 35.2 Å². The highest BCUT2D eigenvalue weighted by Gasteiger charge is 2.30. The van der Waals surface area contributed by atoms with Gasteiger partial charge in [0, 0.05) is 19.5 Å². The van der Waals surface area contributed by atoms with E-state index in [1.165, 1.54) is 8.87 Å². The molecule has 0 amide bonds. The topological polar surface area (TPSA) is 84.0 Å². The van der Waals surface area contributed by atoms with Gasteiger partial charge in [-0.15, -0.1) is 0 Å². The van der Waals surface area contributed by atoms with Crippen molar-refractivity contribution in [2.24, 2.45) is 0 Å². The van der Waals surface area contributed by atoms with Crippen molar-refractivity contribution in [3.8, 4) is 0 Å². The largest absolute Gasteiger partial charge is 0.478 e. The van der Waals surface area contributed by atoms with Gasteiger partial charge in [-0.2, -0.15) is 4.31 Å². The van der Waals surface area contributed by atoms with Crippen molar-refractivity contribution in [3.63, 3.8) is 0 Å². The van der Waals surface area contributed by atoms with Crippen molar-refractivity contribution >= 4 is 21.8 Å². The molecule has 7 nitrogen and oxygen atoms in total. The maximum Gasteiger partial charge on any atom is 0.344 e. The molecule has 3 rings (SSSR count). The van der Waals surface area contributed by atoms with Crippen LogP contribution in [-0.4, -0.2) is 41.5 Å². The van der Waals surface area contributed by atoms with E-state index in [0.717, 1.165) is 18.4 Å². The van der Waals surface area contributed by atoms with E-state index in [1.54, 1.807) is 38.1 Å². The van der Waals surface area contributed by atoms with Crippen LogP contribution >= 0.6 is 0 Å². The van der Waals surface area contributed by atoms with E-state index in [0.29, 0.717) is 36.3 Å². The third-order valence-electron chi connectivity index (χ3n) is 5.31. The molecule has 0 aliphatic carbocycles. The van der Waals surface area contributed by atoms with Crippen LogP contribution in [0.4, 0.5) is 5.82 Å². The fourth-order valence-electron chi connectivity index (χ4n) is 3.82. The minimum Gasteiger partial charge on any atom is -0.478 e. The zero-order valence-electron chi connectivity index (χ0n) is 16.0. The summed E-state index contributed by atoms with van der Waals surface area (Å²) in [6.07, 6.45) is 2.06. The first-order chi connectivity index (χ1) is 13.3. The SMILES string of the molecule is [C-]#[N+]c1c(C)c(Cc2ccccc2S(=O)(=O)N2CCCC2)c(C)n1CC(=O)O. The van der Waals surface area contributed by atoms with Gasteiger partial charge in [0.15, 0.2) is 6.54 Å². The first-order valence-electron chi connectivity index (χ1n) is 9.13. The molecule has 0 radical (unpaired) electrons. The summed E-state index contributed by atoms with van der Waals surface area (Å²) in [5, 5.41) is 9.16. The van der Waals surface area contributed by atoms with Crippen molar-refractivity contribution in [2.75, 3.05) is 13.1 Å². The zero-order chi connectivity index (χ0) is 20.5. The molecule has 1 fully saturated rings. The van der Waals surface area contributed by atoms with Crippen LogP contribution in [0.5, 0.6) is 0 Å². The number of carboxylic acids is 1. The van der Waals surface area contributed by atoms with E-state index in [-0.39, 0.29) is 17.3 Å². The third kappa shape index (κ3) is 3.55. The molecule has 1 N–H and O–H groups in total. The monoisotopic (exact) mass is 401 g/mol. The Morgan fingerprint density at radius 2 is 1.86 bits per heavy atom. The zero-order valence-corrected chi connectivity index (χ0v) is 16.8. The van der Waals surface area contributed by atoms with Gasteiger partial charge in [-0.25, -0.2) is 13.2 Å². The average Bonchev–Trinajstić information content (AvgIpc) is 3.26. The van der Waals surface area contributed by atoms with E-state index in [1.807, 2.05) is 0 Å². The second kappa shape index (κ2) is 7.78. The number of sulfonamides is 1. The summed E-state index contributed by atoms with van der Waals surface area (Å²) >= 11 is 0. The second-order valence-corrected chi connectivity index (χ2v) is 8.91. The van der Waals surface area contributed by atoms with Gasteiger partial charge in [-0.05, 0) is 49.4 Å². The number of rotatable bonds is 6.